The lowest BCUT2D eigenvalue weighted by Crippen LogP contribution is -2.01. The minimum absolute atomic E-state index is 0.290. The number of aldehydes is 1. The van der Waals surface area contributed by atoms with Crippen molar-refractivity contribution in [2.45, 2.75) is 6.54 Å². The zero-order valence-corrected chi connectivity index (χ0v) is 9.61. The Balaban J connectivity index is 2.26. The van der Waals surface area contributed by atoms with Gasteiger partial charge in [0.25, 0.3) is 0 Å². The van der Waals surface area contributed by atoms with Crippen LogP contribution in [0.2, 0.25) is 10.0 Å². The molecule has 0 saturated carbocycles. The molecule has 4 nitrogen and oxygen atoms in total. The van der Waals surface area contributed by atoms with E-state index in [1.807, 2.05) is 6.07 Å². The van der Waals surface area contributed by atoms with Gasteiger partial charge in [-0.15, -0.1) is 5.10 Å². The van der Waals surface area contributed by atoms with Crippen molar-refractivity contribution >= 4 is 29.5 Å². The van der Waals surface area contributed by atoms with Gasteiger partial charge in [-0.05, 0) is 11.6 Å². The standard InChI is InChI=1S/C10H7Cl2N3O/c11-9-3-1-2-7(10(9)12)4-15-5-8(6-16)13-14-15/h1-3,5-6H,4H2. The molecule has 16 heavy (non-hydrogen) atoms. The largest absolute Gasteiger partial charge is 0.296 e. The highest BCUT2D eigenvalue weighted by molar-refractivity contribution is 6.42. The Bertz CT molecular complexity index is 525. The van der Waals surface area contributed by atoms with E-state index < -0.39 is 0 Å². The molecule has 0 saturated heterocycles. The van der Waals surface area contributed by atoms with Gasteiger partial charge in [0, 0.05) is 0 Å². The summed E-state index contributed by atoms with van der Waals surface area (Å²) in [7, 11) is 0. The van der Waals surface area contributed by atoms with E-state index in [2.05, 4.69) is 10.3 Å². The predicted octanol–water partition coefficient (Wildman–Crippen LogP) is 2.45. The van der Waals surface area contributed by atoms with Gasteiger partial charge in [-0.25, -0.2) is 4.68 Å². The fourth-order valence-corrected chi connectivity index (χ4v) is 1.67. The van der Waals surface area contributed by atoms with E-state index in [0.717, 1.165) is 5.56 Å². The maximum Gasteiger partial charge on any atom is 0.171 e. The summed E-state index contributed by atoms with van der Waals surface area (Å²) in [5, 5.41) is 8.43. The van der Waals surface area contributed by atoms with Gasteiger partial charge in [-0.1, -0.05) is 40.5 Å². The SMILES string of the molecule is O=Cc1cn(Cc2cccc(Cl)c2Cl)nn1. The summed E-state index contributed by atoms with van der Waals surface area (Å²) in [5.41, 5.74) is 1.12. The summed E-state index contributed by atoms with van der Waals surface area (Å²) in [6, 6.07) is 5.36. The number of benzene rings is 1. The van der Waals surface area contributed by atoms with Gasteiger partial charge in [0.05, 0.1) is 22.8 Å². The molecule has 0 atom stereocenters. The van der Waals surface area contributed by atoms with E-state index in [0.29, 0.717) is 22.9 Å². The third-order valence-electron chi connectivity index (χ3n) is 2.04. The Kier molecular flexibility index (Phi) is 3.22. The summed E-state index contributed by atoms with van der Waals surface area (Å²) >= 11 is 11.9. The van der Waals surface area contributed by atoms with Crippen molar-refractivity contribution in [1.82, 2.24) is 15.0 Å². The van der Waals surface area contributed by atoms with Crippen molar-refractivity contribution in [3.05, 3.63) is 45.7 Å². The maximum absolute atomic E-state index is 10.4. The Hall–Kier alpha value is -1.39. The summed E-state index contributed by atoms with van der Waals surface area (Å²) < 4.78 is 1.53. The Morgan fingerprint density at radius 3 is 2.88 bits per heavy atom. The molecular weight excluding hydrogens is 249 g/mol. The molecule has 6 heteroatoms. The van der Waals surface area contributed by atoms with E-state index in [9.17, 15) is 4.79 Å². The number of carbonyl (C=O) groups excluding carboxylic acids is 1. The Labute approximate surface area is 102 Å². The average molecular weight is 256 g/mol. The second-order valence-electron chi connectivity index (χ2n) is 3.17. The number of aromatic nitrogens is 3. The minimum Gasteiger partial charge on any atom is -0.296 e. The normalized spacial score (nSPS) is 10.4. The fourth-order valence-electron chi connectivity index (χ4n) is 1.29. The highest BCUT2D eigenvalue weighted by atomic mass is 35.5. The number of rotatable bonds is 3. The van der Waals surface area contributed by atoms with Crippen LogP contribution in [0.5, 0.6) is 0 Å². The second-order valence-corrected chi connectivity index (χ2v) is 3.96. The minimum atomic E-state index is 0.290. The van der Waals surface area contributed by atoms with Crippen LogP contribution in [0.15, 0.2) is 24.4 Å². The highest BCUT2D eigenvalue weighted by Crippen LogP contribution is 2.25. The third-order valence-corrected chi connectivity index (χ3v) is 2.90. The molecule has 0 amide bonds. The number of hydrogen-bond acceptors (Lipinski definition) is 3. The van der Waals surface area contributed by atoms with Crippen molar-refractivity contribution < 1.29 is 4.79 Å². The number of carbonyl (C=O) groups is 1. The predicted molar refractivity (Wildman–Crippen MR) is 61.0 cm³/mol. The van der Waals surface area contributed by atoms with Gasteiger partial charge in [0.1, 0.15) is 5.69 Å². The van der Waals surface area contributed by atoms with Gasteiger partial charge in [-0.3, -0.25) is 4.79 Å². The molecule has 0 aliphatic rings. The van der Waals surface area contributed by atoms with Gasteiger partial charge in [-0.2, -0.15) is 0 Å². The third kappa shape index (κ3) is 2.23. The van der Waals surface area contributed by atoms with Gasteiger partial charge >= 0.3 is 0 Å². The van der Waals surface area contributed by atoms with E-state index in [1.165, 1.54) is 4.68 Å². The van der Waals surface area contributed by atoms with Crippen molar-refractivity contribution in [2.24, 2.45) is 0 Å². The summed E-state index contributed by atoms with van der Waals surface area (Å²) in [6.07, 6.45) is 2.19. The zero-order valence-electron chi connectivity index (χ0n) is 8.10. The lowest BCUT2D eigenvalue weighted by atomic mass is 10.2. The van der Waals surface area contributed by atoms with Crippen molar-refractivity contribution in [1.29, 1.82) is 0 Å². The van der Waals surface area contributed by atoms with Crippen LogP contribution in [0.25, 0.3) is 0 Å². The lowest BCUT2D eigenvalue weighted by molar-refractivity contribution is 0.111. The van der Waals surface area contributed by atoms with E-state index in [-0.39, 0.29) is 5.69 Å². The molecular formula is C10H7Cl2N3O. The molecule has 82 valence electrons. The van der Waals surface area contributed by atoms with Crippen LogP contribution in [0.1, 0.15) is 16.1 Å². The molecule has 0 N–H and O–H groups in total. The second kappa shape index (κ2) is 4.63. The quantitative estimate of drug-likeness (QED) is 0.792. The Morgan fingerprint density at radius 2 is 2.19 bits per heavy atom. The molecule has 2 aromatic rings. The molecule has 1 aromatic heterocycles. The molecule has 1 aromatic carbocycles. The van der Waals surface area contributed by atoms with Crippen LogP contribution in [-0.4, -0.2) is 21.3 Å². The first-order valence-corrected chi connectivity index (χ1v) is 5.24. The van der Waals surface area contributed by atoms with Crippen LogP contribution in [0, 0.1) is 0 Å². The molecule has 0 fully saturated rings. The number of hydrogen-bond donors (Lipinski definition) is 0. The van der Waals surface area contributed by atoms with Crippen LogP contribution >= 0.6 is 23.2 Å². The van der Waals surface area contributed by atoms with Crippen LogP contribution in [0.3, 0.4) is 0 Å². The highest BCUT2D eigenvalue weighted by Gasteiger charge is 2.06. The molecule has 0 unspecified atom stereocenters. The fraction of sp³-hybridized carbons (Fsp3) is 0.100. The smallest absolute Gasteiger partial charge is 0.171 e. The van der Waals surface area contributed by atoms with Crippen LogP contribution < -0.4 is 0 Å². The summed E-state index contributed by atoms with van der Waals surface area (Å²) in [5.74, 6) is 0. The topological polar surface area (TPSA) is 47.8 Å². The van der Waals surface area contributed by atoms with Gasteiger partial charge < -0.3 is 0 Å². The monoisotopic (exact) mass is 255 g/mol. The molecule has 0 radical (unpaired) electrons. The van der Waals surface area contributed by atoms with Crippen molar-refractivity contribution in [3.8, 4) is 0 Å². The van der Waals surface area contributed by atoms with E-state index in [4.69, 9.17) is 23.2 Å². The Morgan fingerprint density at radius 1 is 1.38 bits per heavy atom. The molecule has 1 heterocycles. The summed E-state index contributed by atoms with van der Waals surface area (Å²) in [6.45, 7) is 0.431. The lowest BCUT2D eigenvalue weighted by Gasteiger charge is -2.04. The van der Waals surface area contributed by atoms with Crippen LogP contribution in [0.4, 0.5) is 0 Å². The van der Waals surface area contributed by atoms with Crippen molar-refractivity contribution in [2.75, 3.05) is 0 Å². The molecule has 2 rings (SSSR count). The van der Waals surface area contributed by atoms with Crippen LogP contribution in [-0.2, 0) is 6.54 Å². The first kappa shape index (κ1) is 11.1. The molecule has 0 spiro atoms. The average Bonchev–Trinajstić information content (AvgIpc) is 2.73. The molecule has 0 aliphatic heterocycles. The summed E-state index contributed by atoms with van der Waals surface area (Å²) in [4.78, 5) is 10.4. The number of nitrogens with zero attached hydrogens (tertiary/aromatic N) is 3. The first-order chi connectivity index (χ1) is 7.70. The molecule has 0 aliphatic carbocycles. The van der Waals surface area contributed by atoms with Gasteiger partial charge in [0.2, 0.25) is 0 Å². The molecule has 0 bridgehead atoms. The van der Waals surface area contributed by atoms with E-state index >= 15 is 0 Å². The maximum atomic E-state index is 10.4. The zero-order chi connectivity index (χ0) is 11.5. The van der Waals surface area contributed by atoms with Crippen molar-refractivity contribution in [3.63, 3.8) is 0 Å². The first-order valence-electron chi connectivity index (χ1n) is 4.49. The van der Waals surface area contributed by atoms with E-state index in [1.54, 1.807) is 18.3 Å². The number of halogens is 2. The van der Waals surface area contributed by atoms with Gasteiger partial charge in [0.15, 0.2) is 6.29 Å².